The number of hydrogen-bond donors (Lipinski definition) is 3. The summed E-state index contributed by atoms with van der Waals surface area (Å²) in [5.74, 6) is 1.21. The van der Waals surface area contributed by atoms with Crippen LogP contribution in [0.15, 0.2) is 42.6 Å². The Morgan fingerprint density at radius 3 is 2.78 bits per heavy atom. The van der Waals surface area contributed by atoms with Crippen molar-refractivity contribution in [2.24, 2.45) is 7.05 Å². The molecule has 3 N–H and O–H groups in total. The minimum Gasteiger partial charge on any atom is -0.341 e. The summed E-state index contributed by atoms with van der Waals surface area (Å²) >= 11 is 0. The SMILES string of the molecule is Cc1cc(NC(=O)NCc2ncc(-c3ccccc3)[nH]2)nn1C. The molecule has 7 heteroatoms. The van der Waals surface area contributed by atoms with Crippen molar-refractivity contribution >= 4 is 11.8 Å². The number of aromatic amines is 1. The minimum absolute atomic E-state index is 0.310. The number of benzene rings is 1. The first kappa shape index (κ1) is 14.8. The zero-order valence-corrected chi connectivity index (χ0v) is 13.0. The Balaban J connectivity index is 1.56. The van der Waals surface area contributed by atoms with Crippen molar-refractivity contribution in [2.45, 2.75) is 13.5 Å². The van der Waals surface area contributed by atoms with Crippen molar-refractivity contribution < 1.29 is 4.79 Å². The maximum absolute atomic E-state index is 11.9. The molecule has 3 rings (SSSR count). The summed E-state index contributed by atoms with van der Waals surface area (Å²) < 4.78 is 1.70. The van der Waals surface area contributed by atoms with Gasteiger partial charge in [0.1, 0.15) is 5.82 Å². The second kappa shape index (κ2) is 6.35. The van der Waals surface area contributed by atoms with Crippen LogP contribution in [-0.4, -0.2) is 25.8 Å². The molecule has 0 aliphatic heterocycles. The molecule has 23 heavy (non-hydrogen) atoms. The highest BCUT2D eigenvalue weighted by Gasteiger charge is 2.07. The second-order valence-corrected chi connectivity index (χ2v) is 5.21. The first-order chi connectivity index (χ1) is 11.1. The summed E-state index contributed by atoms with van der Waals surface area (Å²) in [4.78, 5) is 19.3. The lowest BCUT2D eigenvalue weighted by atomic mass is 10.2. The summed E-state index contributed by atoms with van der Waals surface area (Å²) in [6.45, 7) is 2.23. The molecule has 0 saturated carbocycles. The van der Waals surface area contributed by atoms with Crippen LogP contribution in [0.5, 0.6) is 0 Å². The molecule has 2 heterocycles. The van der Waals surface area contributed by atoms with Crippen molar-refractivity contribution in [3.05, 3.63) is 54.1 Å². The number of rotatable bonds is 4. The fraction of sp³-hybridized carbons (Fsp3) is 0.188. The molecule has 0 bridgehead atoms. The molecule has 0 spiro atoms. The van der Waals surface area contributed by atoms with Gasteiger partial charge in [-0.05, 0) is 12.5 Å². The van der Waals surface area contributed by atoms with Crippen molar-refractivity contribution in [1.29, 1.82) is 0 Å². The van der Waals surface area contributed by atoms with E-state index in [1.807, 2.05) is 44.3 Å². The number of nitrogens with one attached hydrogen (secondary N) is 3. The summed E-state index contributed by atoms with van der Waals surface area (Å²) in [7, 11) is 1.83. The van der Waals surface area contributed by atoms with Crippen LogP contribution in [0.1, 0.15) is 11.5 Å². The molecule has 0 unspecified atom stereocenters. The Morgan fingerprint density at radius 1 is 1.30 bits per heavy atom. The Morgan fingerprint density at radius 2 is 2.09 bits per heavy atom. The molecule has 0 fully saturated rings. The van der Waals surface area contributed by atoms with E-state index in [2.05, 4.69) is 25.7 Å². The largest absolute Gasteiger partial charge is 0.341 e. The molecule has 0 atom stereocenters. The van der Waals surface area contributed by atoms with E-state index in [0.717, 1.165) is 17.0 Å². The fourth-order valence-corrected chi connectivity index (χ4v) is 2.16. The normalized spacial score (nSPS) is 10.5. The second-order valence-electron chi connectivity index (χ2n) is 5.21. The van der Waals surface area contributed by atoms with Crippen molar-refractivity contribution in [3.63, 3.8) is 0 Å². The molecule has 0 radical (unpaired) electrons. The zero-order valence-electron chi connectivity index (χ0n) is 13.0. The molecular weight excluding hydrogens is 292 g/mol. The van der Waals surface area contributed by atoms with E-state index in [0.29, 0.717) is 18.2 Å². The maximum Gasteiger partial charge on any atom is 0.320 e. The Bertz CT molecular complexity index is 786. The number of nitrogens with zero attached hydrogens (tertiary/aromatic N) is 3. The predicted octanol–water partition coefficient (Wildman–Crippen LogP) is 2.44. The number of H-pyrrole nitrogens is 1. The van der Waals surface area contributed by atoms with Gasteiger partial charge in [-0.3, -0.25) is 10.00 Å². The van der Waals surface area contributed by atoms with Crippen LogP contribution in [0, 0.1) is 6.92 Å². The van der Waals surface area contributed by atoms with Crippen LogP contribution in [0.3, 0.4) is 0 Å². The average Bonchev–Trinajstić information content (AvgIpc) is 3.13. The van der Waals surface area contributed by atoms with Gasteiger partial charge >= 0.3 is 6.03 Å². The highest BCUT2D eigenvalue weighted by molar-refractivity contribution is 5.88. The lowest BCUT2D eigenvalue weighted by Crippen LogP contribution is -2.28. The van der Waals surface area contributed by atoms with E-state index in [1.54, 1.807) is 16.9 Å². The number of urea groups is 1. The molecule has 118 valence electrons. The lowest BCUT2D eigenvalue weighted by Gasteiger charge is -2.03. The molecule has 0 aliphatic carbocycles. The lowest BCUT2D eigenvalue weighted by molar-refractivity contribution is 0.251. The Labute approximate surface area is 133 Å². The molecule has 3 aromatic rings. The van der Waals surface area contributed by atoms with E-state index in [9.17, 15) is 4.79 Å². The molecule has 7 nitrogen and oxygen atoms in total. The van der Waals surface area contributed by atoms with Crippen LogP contribution in [0.25, 0.3) is 11.3 Å². The van der Waals surface area contributed by atoms with Gasteiger partial charge in [0.05, 0.1) is 18.4 Å². The predicted molar refractivity (Wildman–Crippen MR) is 87.8 cm³/mol. The van der Waals surface area contributed by atoms with E-state index in [1.165, 1.54) is 0 Å². The van der Waals surface area contributed by atoms with Gasteiger partial charge in [-0.2, -0.15) is 5.10 Å². The third-order valence-electron chi connectivity index (χ3n) is 3.49. The molecule has 0 saturated heterocycles. The summed E-state index contributed by atoms with van der Waals surface area (Å²) in [6.07, 6.45) is 1.76. The van der Waals surface area contributed by atoms with Crippen LogP contribution in [-0.2, 0) is 13.6 Å². The number of aryl methyl sites for hydroxylation is 2. The van der Waals surface area contributed by atoms with Gasteiger partial charge in [0.15, 0.2) is 5.82 Å². The van der Waals surface area contributed by atoms with E-state index in [-0.39, 0.29) is 6.03 Å². The summed E-state index contributed by atoms with van der Waals surface area (Å²) in [5, 5.41) is 9.61. The van der Waals surface area contributed by atoms with Gasteiger partial charge in [-0.15, -0.1) is 0 Å². The smallest absolute Gasteiger partial charge is 0.320 e. The Hall–Kier alpha value is -3.09. The minimum atomic E-state index is -0.319. The number of anilines is 1. The van der Waals surface area contributed by atoms with Crippen molar-refractivity contribution in [1.82, 2.24) is 25.1 Å². The molecule has 2 aromatic heterocycles. The zero-order chi connectivity index (χ0) is 16.2. The van der Waals surface area contributed by atoms with E-state index < -0.39 is 0 Å². The van der Waals surface area contributed by atoms with Crippen LogP contribution < -0.4 is 10.6 Å². The highest BCUT2D eigenvalue weighted by atomic mass is 16.2. The number of imidazole rings is 1. The summed E-state index contributed by atoms with van der Waals surface area (Å²) in [6, 6.07) is 11.4. The van der Waals surface area contributed by atoms with Crippen LogP contribution in [0.4, 0.5) is 10.6 Å². The number of amides is 2. The average molecular weight is 310 g/mol. The highest BCUT2D eigenvalue weighted by Crippen LogP contribution is 2.15. The van der Waals surface area contributed by atoms with Crippen LogP contribution in [0.2, 0.25) is 0 Å². The van der Waals surface area contributed by atoms with Crippen molar-refractivity contribution in [3.8, 4) is 11.3 Å². The third-order valence-corrected chi connectivity index (χ3v) is 3.49. The Kier molecular flexibility index (Phi) is 4.09. The monoisotopic (exact) mass is 310 g/mol. The summed E-state index contributed by atoms with van der Waals surface area (Å²) in [5.41, 5.74) is 2.95. The van der Waals surface area contributed by atoms with E-state index >= 15 is 0 Å². The third kappa shape index (κ3) is 3.57. The molecular formula is C16H18N6O. The van der Waals surface area contributed by atoms with E-state index in [4.69, 9.17) is 0 Å². The topological polar surface area (TPSA) is 87.6 Å². The van der Waals surface area contributed by atoms with Gasteiger partial charge in [0, 0.05) is 18.8 Å². The van der Waals surface area contributed by atoms with Gasteiger partial charge in [-0.1, -0.05) is 30.3 Å². The molecule has 2 amide bonds. The first-order valence-corrected chi connectivity index (χ1v) is 7.26. The van der Waals surface area contributed by atoms with Gasteiger partial charge in [0.2, 0.25) is 0 Å². The first-order valence-electron chi connectivity index (χ1n) is 7.26. The van der Waals surface area contributed by atoms with Gasteiger partial charge in [-0.25, -0.2) is 9.78 Å². The quantitative estimate of drug-likeness (QED) is 0.691. The van der Waals surface area contributed by atoms with Crippen LogP contribution >= 0.6 is 0 Å². The molecule has 0 aliphatic rings. The van der Waals surface area contributed by atoms with Gasteiger partial charge < -0.3 is 10.3 Å². The van der Waals surface area contributed by atoms with Crippen molar-refractivity contribution in [2.75, 3.05) is 5.32 Å². The van der Waals surface area contributed by atoms with Gasteiger partial charge in [0.25, 0.3) is 0 Å². The number of carbonyl (C=O) groups is 1. The molecule has 1 aromatic carbocycles. The maximum atomic E-state index is 11.9. The fourth-order valence-electron chi connectivity index (χ4n) is 2.16. The number of carbonyl (C=O) groups excluding carboxylic acids is 1. The number of hydrogen-bond acceptors (Lipinski definition) is 3. The number of aromatic nitrogens is 4. The standard InChI is InChI=1S/C16H18N6O/c1-11-8-14(21-22(11)2)20-16(23)18-10-15-17-9-13(19-15)12-6-4-3-5-7-12/h3-9H,10H2,1-2H3,(H,17,19)(H2,18,20,21,23).